The van der Waals surface area contributed by atoms with Crippen LogP contribution in [-0.2, 0) is 0 Å². The summed E-state index contributed by atoms with van der Waals surface area (Å²) < 4.78 is 19.3. The summed E-state index contributed by atoms with van der Waals surface area (Å²) in [5.41, 5.74) is 1.03. The molecule has 0 radical (unpaired) electrons. The molecule has 4 heterocycles. The van der Waals surface area contributed by atoms with E-state index in [1.165, 1.54) is 6.07 Å². The number of H-pyrrole nitrogens is 1. The predicted octanol–water partition coefficient (Wildman–Crippen LogP) is 3.14. The van der Waals surface area contributed by atoms with Crippen LogP contribution in [0.2, 0.25) is 0 Å². The SMILES string of the molecule is Cc1ccc(-c2nc3c(cc2F)c(=O)c2c(=O)[nH]sc2n3C2CC2)cn1. The van der Waals surface area contributed by atoms with Crippen molar-refractivity contribution in [3.8, 4) is 11.3 Å². The fourth-order valence-electron chi connectivity index (χ4n) is 3.21. The third kappa shape index (κ3) is 2.15. The molecule has 0 unspecified atom stereocenters. The number of aryl methyl sites for hydroxylation is 1. The topological polar surface area (TPSA) is 80.6 Å². The van der Waals surface area contributed by atoms with E-state index in [0.29, 0.717) is 16.0 Å². The van der Waals surface area contributed by atoms with Crippen LogP contribution in [0.15, 0.2) is 34.0 Å². The average molecular weight is 368 g/mol. The number of nitrogens with one attached hydrogen (secondary N) is 1. The summed E-state index contributed by atoms with van der Waals surface area (Å²) in [6.45, 7) is 1.85. The van der Waals surface area contributed by atoms with Crippen LogP contribution in [0.5, 0.6) is 0 Å². The molecule has 0 atom stereocenters. The molecule has 26 heavy (non-hydrogen) atoms. The van der Waals surface area contributed by atoms with Crippen LogP contribution in [-0.4, -0.2) is 18.9 Å². The van der Waals surface area contributed by atoms with Crippen molar-refractivity contribution in [1.29, 1.82) is 0 Å². The van der Waals surface area contributed by atoms with Crippen molar-refractivity contribution in [3.05, 3.63) is 56.5 Å². The fourth-order valence-corrected chi connectivity index (χ4v) is 4.12. The summed E-state index contributed by atoms with van der Waals surface area (Å²) in [6.07, 6.45) is 3.46. The molecule has 6 nitrogen and oxygen atoms in total. The first-order valence-electron chi connectivity index (χ1n) is 8.23. The Morgan fingerprint density at radius 3 is 2.81 bits per heavy atom. The smallest absolute Gasteiger partial charge is 0.271 e. The summed E-state index contributed by atoms with van der Waals surface area (Å²) in [7, 11) is 0. The molecular weight excluding hydrogens is 355 g/mol. The first-order chi connectivity index (χ1) is 12.5. The normalized spacial score (nSPS) is 14.4. The number of hydrogen-bond acceptors (Lipinski definition) is 5. The third-order valence-corrected chi connectivity index (χ3v) is 5.53. The molecule has 4 aromatic heterocycles. The number of aromatic amines is 1. The Kier molecular flexibility index (Phi) is 3.14. The summed E-state index contributed by atoms with van der Waals surface area (Å²) in [5, 5.41) is 0.218. The van der Waals surface area contributed by atoms with Gasteiger partial charge in [0, 0.05) is 23.5 Å². The predicted molar refractivity (Wildman–Crippen MR) is 98.2 cm³/mol. The molecule has 1 N–H and O–H groups in total. The van der Waals surface area contributed by atoms with Gasteiger partial charge >= 0.3 is 0 Å². The lowest BCUT2D eigenvalue weighted by Gasteiger charge is -2.12. The summed E-state index contributed by atoms with van der Waals surface area (Å²) in [5.74, 6) is -0.603. The van der Waals surface area contributed by atoms with Gasteiger partial charge in [0.25, 0.3) is 5.56 Å². The Bertz CT molecular complexity index is 1300. The minimum atomic E-state index is -0.603. The lowest BCUT2D eigenvalue weighted by atomic mass is 10.1. The van der Waals surface area contributed by atoms with Crippen molar-refractivity contribution >= 4 is 32.8 Å². The Morgan fingerprint density at radius 1 is 1.31 bits per heavy atom. The summed E-state index contributed by atoms with van der Waals surface area (Å²) in [6, 6.07) is 4.91. The molecule has 0 amide bonds. The molecule has 0 spiro atoms. The second-order valence-corrected chi connectivity index (χ2v) is 7.32. The zero-order chi connectivity index (χ0) is 18.0. The standard InChI is InChI=1S/C18H13FN4O2S/c1-8-2-3-9(7-20-8)14-12(19)6-11-15(24)13-17(25)22-26-18(13)23(10-4-5-10)16(11)21-14/h2-3,6-7,10H,4-5H2,1H3,(H,22,25). The highest BCUT2D eigenvalue weighted by molar-refractivity contribution is 7.12. The van der Waals surface area contributed by atoms with Gasteiger partial charge in [0.15, 0.2) is 0 Å². The summed E-state index contributed by atoms with van der Waals surface area (Å²) >= 11 is 1.13. The molecule has 1 saturated carbocycles. The zero-order valence-corrected chi connectivity index (χ0v) is 14.6. The van der Waals surface area contributed by atoms with Crippen LogP contribution < -0.4 is 11.0 Å². The van der Waals surface area contributed by atoms with Crippen LogP contribution in [0.4, 0.5) is 4.39 Å². The first kappa shape index (κ1) is 15.4. The van der Waals surface area contributed by atoms with Gasteiger partial charge in [-0.2, -0.15) is 0 Å². The molecule has 1 aliphatic carbocycles. The number of rotatable bonds is 2. The van der Waals surface area contributed by atoms with E-state index < -0.39 is 16.8 Å². The van der Waals surface area contributed by atoms with E-state index in [0.717, 1.165) is 30.1 Å². The van der Waals surface area contributed by atoms with Crippen LogP contribution >= 0.6 is 11.5 Å². The second-order valence-electron chi connectivity index (χ2n) is 6.52. The van der Waals surface area contributed by atoms with Crippen LogP contribution in [0, 0.1) is 12.7 Å². The van der Waals surface area contributed by atoms with E-state index in [-0.39, 0.29) is 22.5 Å². The highest BCUT2D eigenvalue weighted by Gasteiger charge is 2.30. The molecule has 1 fully saturated rings. The van der Waals surface area contributed by atoms with E-state index in [1.54, 1.807) is 18.3 Å². The van der Waals surface area contributed by atoms with Gasteiger partial charge in [0.1, 0.15) is 27.4 Å². The largest absolute Gasteiger partial charge is 0.312 e. The van der Waals surface area contributed by atoms with E-state index >= 15 is 0 Å². The molecule has 0 saturated heterocycles. The minimum absolute atomic E-state index is 0.0837. The monoisotopic (exact) mass is 368 g/mol. The van der Waals surface area contributed by atoms with Crippen molar-refractivity contribution < 1.29 is 4.39 Å². The van der Waals surface area contributed by atoms with Gasteiger partial charge in [-0.05, 0) is 49.5 Å². The minimum Gasteiger partial charge on any atom is -0.312 e. The zero-order valence-electron chi connectivity index (χ0n) is 13.7. The number of pyridine rings is 3. The Hall–Kier alpha value is -2.87. The first-order valence-corrected chi connectivity index (χ1v) is 9.05. The van der Waals surface area contributed by atoms with Crippen LogP contribution in [0.1, 0.15) is 24.6 Å². The molecule has 4 aromatic rings. The van der Waals surface area contributed by atoms with E-state index in [9.17, 15) is 14.0 Å². The number of halogens is 1. The lowest BCUT2D eigenvalue weighted by molar-refractivity contribution is 0.627. The van der Waals surface area contributed by atoms with Gasteiger partial charge in [-0.1, -0.05) is 0 Å². The summed E-state index contributed by atoms with van der Waals surface area (Å²) in [4.78, 5) is 34.1. The van der Waals surface area contributed by atoms with Gasteiger partial charge in [0.05, 0.1) is 5.39 Å². The van der Waals surface area contributed by atoms with E-state index in [4.69, 9.17) is 0 Å². The molecule has 8 heteroatoms. The van der Waals surface area contributed by atoms with Gasteiger partial charge in [0.2, 0.25) is 5.43 Å². The van der Waals surface area contributed by atoms with Gasteiger partial charge in [-0.15, -0.1) is 0 Å². The van der Waals surface area contributed by atoms with Crippen molar-refractivity contribution in [2.24, 2.45) is 0 Å². The Labute approximate surface area is 150 Å². The van der Waals surface area contributed by atoms with Crippen molar-refractivity contribution in [3.63, 3.8) is 0 Å². The van der Waals surface area contributed by atoms with E-state index in [1.807, 2.05) is 11.5 Å². The maximum Gasteiger partial charge on any atom is 0.271 e. The van der Waals surface area contributed by atoms with Gasteiger partial charge in [-0.25, -0.2) is 9.37 Å². The third-order valence-electron chi connectivity index (χ3n) is 4.65. The quantitative estimate of drug-likeness (QED) is 0.589. The molecule has 1 aliphatic rings. The Balaban J connectivity index is 1.92. The highest BCUT2D eigenvalue weighted by atomic mass is 32.1. The molecule has 130 valence electrons. The van der Waals surface area contributed by atoms with Gasteiger partial charge in [-0.3, -0.25) is 18.9 Å². The van der Waals surface area contributed by atoms with Crippen molar-refractivity contribution in [2.45, 2.75) is 25.8 Å². The lowest BCUT2D eigenvalue weighted by Crippen LogP contribution is -2.16. The Morgan fingerprint density at radius 2 is 2.12 bits per heavy atom. The number of fused-ring (bicyclic) bond motifs is 2. The number of hydrogen-bond donors (Lipinski definition) is 1. The molecule has 0 aliphatic heterocycles. The molecule has 0 bridgehead atoms. The van der Waals surface area contributed by atoms with E-state index in [2.05, 4.69) is 14.3 Å². The van der Waals surface area contributed by atoms with Crippen LogP contribution in [0.25, 0.3) is 32.5 Å². The second kappa shape index (κ2) is 5.31. The van der Waals surface area contributed by atoms with Gasteiger partial charge < -0.3 is 4.57 Å². The van der Waals surface area contributed by atoms with Crippen LogP contribution in [0.3, 0.4) is 0 Å². The van der Waals surface area contributed by atoms with Crippen molar-refractivity contribution in [2.75, 3.05) is 0 Å². The van der Waals surface area contributed by atoms with Crippen molar-refractivity contribution in [1.82, 2.24) is 18.9 Å². The number of aromatic nitrogens is 4. The average Bonchev–Trinajstić information content (AvgIpc) is 3.39. The molecule has 0 aromatic carbocycles. The highest BCUT2D eigenvalue weighted by Crippen LogP contribution is 2.39. The fraction of sp³-hybridized carbons (Fsp3) is 0.222. The maximum absolute atomic E-state index is 14.7. The molecular formula is C18H13FN4O2S. The molecule has 5 rings (SSSR count). The maximum atomic E-state index is 14.7. The number of nitrogens with zero attached hydrogens (tertiary/aromatic N) is 3.